The zero-order chi connectivity index (χ0) is 11.6. The van der Waals surface area contributed by atoms with E-state index in [9.17, 15) is 0 Å². The highest BCUT2D eigenvalue weighted by atomic mass is 15.1. The number of rotatable bonds is 2. The second-order valence-electron chi connectivity index (χ2n) is 5.99. The average Bonchev–Trinajstić information content (AvgIpc) is 2.25. The van der Waals surface area contributed by atoms with Crippen LogP contribution in [0.25, 0.3) is 0 Å². The molecule has 1 heteroatoms. The van der Waals surface area contributed by atoms with Gasteiger partial charge in [0.2, 0.25) is 0 Å². The highest BCUT2D eigenvalue weighted by Crippen LogP contribution is 2.37. The molecule has 90 valence electrons. The third-order valence-electron chi connectivity index (χ3n) is 4.12. The molecule has 0 radical (unpaired) electrons. The minimum absolute atomic E-state index is 0.371. The summed E-state index contributed by atoms with van der Waals surface area (Å²) < 4.78 is 0. The van der Waals surface area contributed by atoms with Crippen LogP contribution in [-0.4, -0.2) is 24.5 Å². The molecule has 1 fully saturated rings. The lowest BCUT2D eigenvalue weighted by molar-refractivity contribution is 0.229. The summed E-state index contributed by atoms with van der Waals surface area (Å²) in [6.07, 6.45) is 10.1. The fourth-order valence-electron chi connectivity index (χ4n) is 2.97. The summed E-state index contributed by atoms with van der Waals surface area (Å²) >= 11 is 0. The van der Waals surface area contributed by atoms with Crippen molar-refractivity contribution in [1.29, 1.82) is 0 Å². The summed E-state index contributed by atoms with van der Waals surface area (Å²) in [4.78, 5) is 2.64. The topological polar surface area (TPSA) is 3.24 Å². The van der Waals surface area contributed by atoms with E-state index in [0.29, 0.717) is 5.41 Å². The number of nitrogens with zero attached hydrogens (tertiary/aromatic N) is 1. The van der Waals surface area contributed by atoms with Crippen molar-refractivity contribution in [1.82, 2.24) is 4.90 Å². The van der Waals surface area contributed by atoms with E-state index in [2.05, 4.69) is 37.8 Å². The summed E-state index contributed by atoms with van der Waals surface area (Å²) in [5.41, 5.74) is 3.54. The van der Waals surface area contributed by atoms with Gasteiger partial charge in [0.1, 0.15) is 0 Å². The maximum absolute atomic E-state index is 2.64. The zero-order valence-corrected chi connectivity index (χ0v) is 11.1. The van der Waals surface area contributed by atoms with Crippen LogP contribution in [0.15, 0.2) is 23.3 Å². The van der Waals surface area contributed by atoms with Crippen molar-refractivity contribution in [2.45, 2.75) is 46.5 Å². The Kier molecular flexibility index (Phi) is 3.53. The molecular formula is C15H25N. The van der Waals surface area contributed by atoms with E-state index in [-0.39, 0.29) is 0 Å². The lowest BCUT2D eigenvalue weighted by atomic mass is 9.75. The predicted octanol–water partition coefficient (Wildman–Crippen LogP) is 3.77. The van der Waals surface area contributed by atoms with Crippen molar-refractivity contribution >= 4 is 0 Å². The Hall–Kier alpha value is -0.560. The molecule has 1 aliphatic heterocycles. The third-order valence-corrected chi connectivity index (χ3v) is 4.12. The molecule has 2 aliphatic rings. The Bertz CT molecular complexity index is 303. The third kappa shape index (κ3) is 2.57. The minimum atomic E-state index is 0.371. The molecule has 0 aromatic carbocycles. The minimum Gasteiger partial charge on any atom is -0.299 e. The molecular weight excluding hydrogens is 194 g/mol. The number of hydrogen-bond donors (Lipinski definition) is 0. The molecule has 1 nitrogen and oxygen atoms in total. The number of hydrogen-bond acceptors (Lipinski definition) is 1. The van der Waals surface area contributed by atoms with E-state index in [1.807, 2.05) is 0 Å². The van der Waals surface area contributed by atoms with Gasteiger partial charge in [-0.15, -0.1) is 0 Å². The smallest absolute Gasteiger partial charge is 0.0204 e. The standard InChI is InChI=1S/C15H25N/c1-13-8-7-9-15(2,3)14(13)12-16-10-5-4-6-11-16/h7-8H,4-6,9-12H2,1-3H3. The van der Waals surface area contributed by atoms with Crippen LogP contribution in [-0.2, 0) is 0 Å². The molecule has 1 saturated heterocycles. The summed E-state index contributed by atoms with van der Waals surface area (Å²) in [6, 6.07) is 0. The Labute approximate surface area is 100 Å². The largest absolute Gasteiger partial charge is 0.299 e. The lowest BCUT2D eigenvalue weighted by Crippen LogP contribution is -2.35. The van der Waals surface area contributed by atoms with Gasteiger partial charge in [0.25, 0.3) is 0 Å². The van der Waals surface area contributed by atoms with E-state index in [1.54, 1.807) is 5.57 Å². The average molecular weight is 219 g/mol. The van der Waals surface area contributed by atoms with Crippen LogP contribution in [0.2, 0.25) is 0 Å². The predicted molar refractivity (Wildman–Crippen MR) is 70.5 cm³/mol. The van der Waals surface area contributed by atoms with Gasteiger partial charge in [0.05, 0.1) is 0 Å². The van der Waals surface area contributed by atoms with Crippen molar-refractivity contribution < 1.29 is 0 Å². The number of likely N-dealkylation sites (tertiary alicyclic amines) is 1. The second kappa shape index (κ2) is 4.75. The van der Waals surface area contributed by atoms with Crippen LogP contribution in [0, 0.1) is 5.41 Å². The van der Waals surface area contributed by atoms with Crippen LogP contribution in [0.4, 0.5) is 0 Å². The number of allylic oxidation sites excluding steroid dienone is 3. The highest BCUT2D eigenvalue weighted by Gasteiger charge is 2.27. The Morgan fingerprint density at radius 3 is 2.50 bits per heavy atom. The molecule has 0 atom stereocenters. The first-order valence-electron chi connectivity index (χ1n) is 6.69. The van der Waals surface area contributed by atoms with Gasteiger partial charge >= 0.3 is 0 Å². The molecule has 1 aliphatic carbocycles. The molecule has 16 heavy (non-hydrogen) atoms. The first kappa shape index (κ1) is 11.9. The maximum atomic E-state index is 2.64. The molecule has 0 saturated carbocycles. The van der Waals surface area contributed by atoms with Crippen molar-refractivity contribution in [3.05, 3.63) is 23.3 Å². The SMILES string of the molecule is CC1=C(CN2CCCCC2)C(C)(C)CC=C1. The first-order chi connectivity index (χ1) is 7.59. The molecule has 0 spiro atoms. The van der Waals surface area contributed by atoms with Crippen LogP contribution >= 0.6 is 0 Å². The Morgan fingerprint density at radius 1 is 1.19 bits per heavy atom. The molecule has 0 aromatic rings. The molecule has 0 bridgehead atoms. The van der Waals surface area contributed by atoms with Gasteiger partial charge in [-0.05, 0) is 50.3 Å². The second-order valence-corrected chi connectivity index (χ2v) is 5.99. The van der Waals surface area contributed by atoms with Crippen molar-refractivity contribution in [2.75, 3.05) is 19.6 Å². The fraction of sp³-hybridized carbons (Fsp3) is 0.733. The van der Waals surface area contributed by atoms with Gasteiger partial charge in [0, 0.05) is 6.54 Å². The van der Waals surface area contributed by atoms with Crippen LogP contribution in [0.5, 0.6) is 0 Å². The first-order valence-corrected chi connectivity index (χ1v) is 6.69. The summed E-state index contributed by atoms with van der Waals surface area (Å²) in [7, 11) is 0. The quantitative estimate of drug-likeness (QED) is 0.683. The number of piperidine rings is 1. The van der Waals surface area contributed by atoms with Gasteiger partial charge in [-0.2, -0.15) is 0 Å². The van der Waals surface area contributed by atoms with Crippen molar-refractivity contribution in [2.24, 2.45) is 5.41 Å². The van der Waals surface area contributed by atoms with Crippen LogP contribution in [0.3, 0.4) is 0 Å². The monoisotopic (exact) mass is 219 g/mol. The van der Waals surface area contributed by atoms with Gasteiger partial charge in [-0.3, -0.25) is 4.90 Å². The van der Waals surface area contributed by atoms with E-state index >= 15 is 0 Å². The van der Waals surface area contributed by atoms with Crippen molar-refractivity contribution in [3.8, 4) is 0 Å². The molecule has 2 rings (SSSR count). The molecule has 0 unspecified atom stereocenters. The van der Waals surface area contributed by atoms with E-state index < -0.39 is 0 Å². The van der Waals surface area contributed by atoms with Crippen LogP contribution < -0.4 is 0 Å². The van der Waals surface area contributed by atoms with E-state index in [4.69, 9.17) is 0 Å². The van der Waals surface area contributed by atoms with Crippen LogP contribution in [0.1, 0.15) is 46.5 Å². The van der Waals surface area contributed by atoms with Gasteiger partial charge in [-0.25, -0.2) is 0 Å². The molecule has 1 heterocycles. The van der Waals surface area contributed by atoms with E-state index in [1.165, 1.54) is 50.9 Å². The summed E-state index contributed by atoms with van der Waals surface area (Å²) in [6.45, 7) is 10.9. The lowest BCUT2D eigenvalue weighted by Gasteiger charge is -2.36. The van der Waals surface area contributed by atoms with Gasteiger partial charge in [0.15, 0.2) is 0 Å². The zero-order valence-electron chi connectivity index (χ0n) is 11.1. The summed E-state index contributed by atoms with van der Waals surface area (Å²) in [5.74, 6) is 0. The molecule has 0 aromatic heterocycles. The van der Waals surface area contributed by atoms with Crippen molar-refractivity contribution in [3.63, 3.8) is 0 Å². The molecule has 0 N–H and O–H groups in total. The summed E-state index contributed by atoms with van der Waals surface area (Å²) in [5, 5.41) is 0. The van der Waals surface area contributed by atoms with E-state index in [0.717, 1.165) is 0 Å². The Morgan fingerprint density at radius 2 is 1.88 bits per heavy atom. The maximum Gasteiger partial charge on any atom is 0.0204 e. The Balaban J connectivity index is 2.08. The highest BCUT2D eigenvalue weighted by molar-refractivity contribution is 5.33. The van der Waals surface area contributed by atoms with Gasteiger partial charge in [-0.1, -0.05) is 38.0 Å². The van der Waals surface area contributed by atoms with Gasteiger partial charge < -0.3 is 0 Å². The molecule has 0 amide bonds. The fourth-order valence-corrected chi connectivity index (χ4v) is 2.97. The normalized spacial score (nSPS) is 26.2.